The fourth-order valence-electron chi connectivity index (χ4n) is 2.30. The largest absolute Gasteiger partial charge is 0.331 e. The number of para-hydroxylation sites is 2. The fourth-order valence-corrected chi connectivity index (χ4v) is 2.48. The molecule has 0 amide bonds. The molecule has 2 aromatic heterocycles. The third-order valence-corrected chi connectivity index (χ3v) is 4.13. The van der Waals surface area contributed by atoms with Gasteiger partial charge >= 0.3 is 0 Å². The van der Waals surface area contributed by atoms with Crippen LogP contribution in [-0.4, -0.2) is 19.7 Å². The summed E-state index contributed by atoms with van der Waals surface area (Å²) in [5.74, 6) is 0.977. The van der Waals surface area contributed by atoms with Gasteiger partial charge in [0, 0.05) is 7.05 Å². The molecule has 0 fully saturated rings. The van der Waals surface area contributed by atoms with Crippen LogP contribution >= 0.6 is 11.6 Å². The van der Waals surface area contributed by atoms with Crippen LogP contribution in [0.1, 0.15) is 22.6 Å². The SMILES string of the molecule is Cc1c(Cl)nnc(Cc2nc3ccccc3n2C)c1C. The van der Waals surface area contributed by atoms with Gasteiger partial charge in [-0.3, -0.25) is 0 Å². The third-order valence-electron chi connectivity index (χ3n) is 3.77. The molecule has 0 aliphatic heterocycles. The van der Waals surface area contributed by atoms with Gasteiger partial charge in [-0.2, -0.15) is 5.10 Å². The number of imidazole rings is 1. The molecule has 2 heterocycles. The predicted octanol–water partition coefficient (Wildman–Crippen LogP) is 3.22. The first-order valence-electron chi connectivity index (χ1n) is 6.46. The Morgan fingerprint density at radius 2 is 1.85 bits per heavy atom. The van der Waals surface area contributed by atoms with Crippen molar-refractivity contribution in [1.29, 1.82) is 0 Å². The number of aromatic nitrogens is 4. The summed E-state index contributed by atoms with van der Waals surface area (Å²) in [7, 11) is 2.02. The second-order valence-electron chi connectivity index (χ2n) is 4.94. The lowest BCUT2D eigenvalue weighted by Gasteiger charge is -2.08. The summed E-state index contributed by atoms with van der Waals surface area (Å²) in [5, 5.41) is 8.68. The van der Waals surface area contributed by atoms with Crippen LogP contribution in [0.3, 0.4) is 0 Å². The molecule has 102 valence electrons. The first kappa shape index (κ1) is 13.1. The molecule has 5 heteroatoms. The van der Waals surface area contributed by atoms with Crippen molar-refractivity contribution in [2.24, 2.45) is 7.05 Å². The number of halogens is 1. The van der Waals surface area contributed by atoms with Gasteiger partial charge in [0.05, 0.1) is 23.1 Å². The van der Waals surface area contributed by atoms with Crippen LogP contribution in [0.4, 0.5) is 0 Å². The number of benzene rings is 1. The van der Waals surface area contributed by atoms with Gasteiger partial charge in [-0.15, -0.1) is 5.10 Å². The van der Waals surface area contributed by atoms with Crippen molar-refractivity contribution in [2.45, 2.75) is 20.3 Å². The molecule has 0 atom stereocenters. The monoisotopic (exact) mass is 286 g/mol. The quantitative estimate of drug-likeness (QED) is 0.726. The highest BCUT2D eigenvalue weighted by Gasteiger charge is 2.13. The minimum absolute atomic E-state index is 0.469. The normalized spacial score (nSPS) is 11.2. The van der Waals surface area contributed by atoms with Crippen LogP contribution in [-0.2, 0) is 13.5 Å². The molecule has 0 unspecified atom stereocenters. The maximum atomic E-state index is 5.99. The van der Waals surface area contributed by atoms with Gasteiger partial charge in [-0.1, -0.05) is 23.7 Å². The molecule has 0 radical (unpaired) electrons. The van der Waals surface area contributed by atoms with E-state index >= 15 is 0 Å². The summed E-state index contributed by atoms with van der Waals surface area (Å²) < 4.78 is 2.10. The average molecular weight is 287 g/mol. The molecule has 1 aromatic carbocycles. The van der Waals surface area contributed by atoms with Gasteiger partial charge in [0.1, 0.15) is 5.82 Å². The maximum absolute atomic E-state index is 5.99. The van der Waals surface area contributed by atoms with Crippen molar-refractivity contribution in [2.75, 3.05) is 0 Å². The summed E-state index contributed by atoms with van der Waals surface area (Å²) in [4.78, 5) is 4.66. The van der Waals surface area contributed by atoms with Crippen molar-refractivity contribution in [3.8, 4) is 0 Å². The molecule has 0 spiro atoms. The summed E-state index contributed by atoms with van der Waals surface area (Å²) in [6, 6.07) is 8.10. The minimum atomic E-state index is 0.469. The number of rotatable bonds is 2. The van der Waals surface area contributed by atoms with Crippen LogP contribution in [0.15, 0.2) is 24.3 Å². The second kappa shape index (κ2) is 4.87. The van der Waals surface area contributed by atoms with E-state index in [4.69, 9.17) is 11.6 Å². The minimum Gasteiger partial charge on any atom is -0.331 e. The van der Waals surface area contributed by atoms with E-state index in [1.165, 1.54) is 0 Å². The Labute approximate surface area is 122 Å². The lowest BCUT2D eigenvalue weighted by atomic mass is 10.1. The molecule has 0 N–H and O–H groups in total. The smallest absolute Gasteiger partial charge is 0.154 e. The lowest BCUT2D eigenvalue weighted by Crippen LogP contribution is -2.05. The fraction of sp³-hybridized carbons (Fsp3) is 0.267. The molecule has 20 heavy (non-hydrogen) atoms. The molecule has 0 bridgehead atoms. The van der Waals surface area contributed by atoms with Crippen molar-refractivity contribution in [1.82, 2.24) is 19.7 Å². The van der Waals surface area contributed by atoms with Crippen LogP contribution in [0.5, 0.6) is 0 Å². The first-order valence-corrected chi connectivity index (χ1v) is 6.84. The Kier molecular flexibility index (Phi) is 3.18. The highest BCUT2D eigenvalue weighted by molar-refractivity contribution is 6.30. The van der Waals surface area contributed by atoms with Crippen molar-refractivity contribution in [3.05, 3.63) is 52.1 Å². The van der Waals surface area contributed by atoms with E-state index in [-0.39, 0.29) is 0 Å². The van der Waals surface area contributed by atoms with E-state index < -0.39 is 0 Å². The molecule has 3 aromatic rings. The zero-order valence-electron chi connectivity index (χ0n) is 11.7. The van der Waals surface area contributed by atoms with E-state index in [1.54, 1.807) is 0 Å². The maximum Gasteiger partial charge on any atom is 0.154 e. The summed E-state index contributed by atoms with van der Waals surface area (Å²) in [6.07, 6.45) is 0.655. The molecule has 0 saturated carbocycles. The summed E-state index contributed by atoms with van der Waals surface area (Å²) in [5.41, 5.74) is 5.11. The summed E-state index contributed by atoms with van der Waals surface area (Å²) in [6.45, 7) is 3.98. The number of fused-ring (bicyclic) bond motifs is 1. The Bertz CT molecular complexity index is 792. The van der Waals surface area contributed by atoms with Gasteiger partial charge in [-0.25, -0.2) is 4.98 Å². The topological polar surface area (TPSA) is 43.6 Å². The van der Waals surface area contributed by atoms with Crippen molar-refractivity contribution >= 4 is 22.6 Å². The van der Waals surface area contributed by atoms with Gasteiger partial charge in [0.2, 0.25) is 0 Å². The second-order valence-corrected chi connectivity index (χ2v) is 5.30. The van der Waals surface area contributed by atoms with Crippen molar-refractivity contribution < 1.29 is 0 Å². The Morgan fingerprint density at radius 1 is 1.10 bits per heavy atom. The van der Waals surface area contributed by atoms with Crippen LogP contribution in [0.2, 0.25) is 5.15 Å². The van der Waals surface area contributed by atoms with Crippen LogP contribution < -0.4 is 0 Å². The van der Waals surface area contributed by atoms with E-state index in [0.29, 0.717) is 11.6 Å². The highest BCUT2D eigenvalue weighted by atomic mass is 35.5. The summed E-state index contributed by atoms with van der Waals surface area (Å²) >= 11 is 5.99. The van der Waals surface area contributed by atoms with E-state index in [2.05, 4.69) is 25.8 Å². The Morgan fingerprint density at radius 3 is 2.60 bits per heavy atom. The molecular weight excluding hydrogens is 272 g/mol. The highest BCUT2D eigenvalue weighted by Crippen LogP contribution is 2.21. The number of hydrogen-bond acceptors (Lipinski definition) is 3. The van der Waals surface area contributed by atoms with Gasteiger partial charge < -0.3 is 4.57 Å². The number of nitrogens with zero attached hydrogens (tertiary/aromatic N) is 4. The number of aryl methyl sites for hydroxylation is 1. The Hall–Kier alpha value is -1.94. The molecule has 3 rings (SSSR count). The zero-order chi connectivity index (χ0) is 14.3. The predicted molar refractivity (Wildman–Crippen MR) is 80.0 cm³/mol. The van der Waals surface area contributed by atoms with Gasteiger partial charge in [-0.05, 0) is 37.1 Å². The third kappa shape index (κ3) is 2.06. The van der Waals surface area contributed by atoms with E-state index in [9.17, 15) is 0 Å². The first-order chi connectivity index (χ1) is 9.58. The van der Waals surface area contributed by atoms with Gasteiger partial charge in [0.25, 0.3) is 0 Å². The van der Waals surface area contributed by atoms with E-state index in [0.717, 1.165) is 33.7 Å². The lowest BCUT2D eigenvalue weighted by molar-refractivity contribution is 0.806. The van der Waals surface area contributed by atoms with Crippen LogP contribution in [0, 0.1) is 13.8 Å². The van der Waals surface area contributed by atoms with Crippen LogP contribution in [0.25, 0.3) is 11.0 Å². The Balaban J connectivity index is 2.06. The van der Waals surface area contributed by atoms with Gasteiger partial charge in [0.15, 0.2) is 5.15 Å². The van der Waals surface area contributed by atoms with Crippen molar-refractivity contribution in [3.63, 3.8) is 0 Å². The molecular formula is C15H15ClN4. The zero-order valence-corrected chi connectivity index (χ0v) is 12.4. The molecule has 4 nitrogen and oxygen atoms in total. The van der Waals surface area contributed by atoms with E-state index in [1.807, 2.05) is 39.1 Å². The standard InChI is InChI=1S/C15H15ClN4/c1-9-10(2)15(16)19-18-12(9)8-14-17-11-6-4-5-7-13(11)20(14)3/h4-7H,8H2,1-3H3. The number of hydrogen-bond donors (Lipinski definition) is 0. The average Bonchev–Trinajstić information content (AvgIpc) is 2.77. The molecule has 0 aliphatic rings. The molecule has 0 saturated heterocycles. The molecule has 0 aliphatic carbocycles.